The fourth-order valence-electron chi connectivity index (χ4n) is 4.30. The topological polar surface area (TPSA) is 99.8 Å². The lowest BCUT2D eigenvalue weighted by Gasteiger charge is -2.30. The van der Waals surface area contributed by atoms with E-state index < -0.39 is 18.1 Å². The van der Waals surface area contributed by atoms with Crippen molar-refractivity contribution in [1.82, 2.24) is 10.6 Å². The average molecular weight is 523 g/mol. The molecular formula is C28H31ClN4O4. The molecule has 0 radical (unpaired) electrons. The molecule has 1 aliphatic rings. The first-order valence-corrected chi connectivity index (χ1v) is 11.8. The summed E-state index contributed by atoms with van der Waals surface area (Å²) < 4.78 is 5.37. The van der Waals surface area contributed by atoms with Crippen molar-refractivity contribution in [2.45, 2.75) is 31.5 Å². The van der Waals surface area contributed by atoms with Crippen molar-refractivity contribution in [3.8, 4) is 5.75 Å². The Hall–Kier alpha value is -3.88. The second-order valence-corrected chi connectivity index (χ2v) is 8.61. The number of hydrogen-bond acceptors (Lipinski definition) is 5. The number of methoxy groups -OCH3 is 1. The van der Waals surface area contributed by atoms with Crippen LogP contribution < -0.4 is 25.6 Å². The molecule has 37 heavy (non-hydrogen) atoms. The van der Waals surface area contributed by atoms with E-state index in [0.717, 1.165) is 5.56 Å². The highest BCUT2D eigenvalue weighted by molar-refractivity contribution is 6.10. The Labute approximate surface area is 222 Å². The van der Waals surface area contributed by atoms with Gasteiger partial charge in [-0.2, -0.15) is 0 Å². The van der Waals surface area contributed by atoms with Gasteiger partial charge in [-0.1, -0.05) is 60.7 Å². The zero-order valence-electron chi connectivity index (χ0n) is 20.9. The van der Waals surface area contributed by atoms with Gasteiger partial charge in [0.2, 0.25) is 11.8 Å². The van der Waals surface area contributed by atoms with Crippen LogP contribution in [0, 0.1) is 0 Å². The van der Waals surface area contributed by atoms with Crippen LogP contribution in [0.15, 0.2) is 78.9 Å². The predicted molar refractivity (Wildman–Crippen MR) is 146 cm³/mol. The Morgan fingerprint density at radius 3 is 2.30 bits per heavy atom. The maximum Gasteiger partial charge on any atom is 0.254 e. The molecule has 8 nitrogen and oxygen atoms in total. The Balaban J connectivity index is 0.00000380. The van der Waals surface area contributed by atoms with Crippen LogP contribution in [0.2, 0.25) is 0 Å². The molecule has 0 unspecified atom stereocenters. The molecule has 0 fully saturated rings. The van der Waals surface area contributed by atoms with Gasteiger partial charge in [-0.25, -0.2) is 0 Å². The molecule has 0 aromatic heterocycles. The van der Waals surface area contributed by atoms with Crippen molar-refractivity contribution in [2.24, 2.45) is 0 Å². The normalized spacial score (nSPS) is 15.5. The summed E-state index contributed by atoms with van der Waals surface area (Å²) in [6.07, 6.45) is 0.352. The summed E-state index contributed by atoms with van der Waals surface area (Å²) >= 11 is 0. The molecule has 194 valence electrons. The molecule has 1 heterocycles. The SMILES string of the molecule is CN[C@@H](C)C(=O)N[C@H](C(=O)N1c2ccccc2C[C@H]1C(=O)Nc1ccccc1OC)c1ccccc1.Cl. The Morgan fingerprint density at radius 2 is 1.59 bits per heavy atom. The zero-order valence-corrected chi connectivity index (χ0v) is 21.7. The maximum absolute atomic E-state index is 14.1. The van der Waals surface area contributed by atoms with Crippen LogP contribution in [-0.4, -0.2) is 44.0 Å². The van der Waals surface area contributed by atoms with Gasteiger partial charge in [0.25, 0.3) is 5.91 Å². The number of likely N-dealkylation sites (N-methyl/N-ethyl adjacent to an activating group) is 1. The Kier molecular flexibility index (Phi) is 9.27. The van der Waals surface area contributed by atoms with E-state index in [0.29, 0.717) is 29.1 Å². The monoisotopic (exact) mass is 522 g/mol. The molecule has 0 saturated carbocycles. The van der Waals surface area contributed by atoms with E-state index in [1.165, 1.54) is 12.0 Å². The summed E-state index contributed by atoms with van der Waals surface area (Å²) in [7, 11) is 3.21. The number of anilines is 2. The molecule has 3 amide bonds. The first kappa shape index (κ1) is 27.7. The van der Waals surface area contributed by atoms with Crippen LogP contribution in [0.4, 0.5) is 11.4 Å². The predicted octanol–water partition coefficient (Wildman–Crippen LogP) is 3.48. The van der Waals surface area contributed by atoms with E-state index >= 15 is 0 Å². The molecular weight excluding hydrogens is 492 g/mol. The molecule has 9 heteroatoms. The second-order valence-electron chi connectivity index (χ2n) is 8.61. The minimum atomic E-state index is -0.970. The minimum absolute atomic E-state index is 0. The Bertz CT molecular complexity index is 1250. The highest BCUT2D eigenvalue weighted by Crippen LogP contribution is 2.35. The van der Waals surface area contributed by atoms with Gasteiger partial charge < -0.3 is 20.7 Å². The van der Waals surface area contributed by atoms with E-state index in [9.17, 15) is 14.4 Å². The fraction of sp³-hybridized carbons (Fsp3) is 0.250. The molecule has 1 aliphatic heterocycles. The molecule has 4 rings (SSSR count). The van der Waals surface area contributed by atoms with Gasteiger partial charge >= 0.3 is 0 Å². The number of hydrogen-bond donors (Lipinski definition) is 3. The van der Waals surface area contributed by atoms with Crippen LogP contribution in [0.25, 0.3) is 0 Å². The van der Waals surface area contributed by atoms with E-state index in [1.54, 1.807) is 44.3 Å². The number of rotatable bonds is 8. The molecule has 3 N–H and O–H groups in total. The lowest BCUT2D eigenvalue weighted by molar-refractivity contribution is -0.129. The quantitative estimate of drug-likeness (QED) is 0.420. The van der Waals surface area contributed by atoms with Crippen molar-refractivity contribution in [2.75, 3.05) is 24.4 Å². The van der Waals surface area contributed by atoms with Gasteiger partial charge in [-0.05, 0) is 43.3 Å². The number of para-hydroxylation sites is 3. The smallest absolute Gasteiger partial charge is 0.254 e. The summed E-state index contributed by atoms with van der Waals surface area (Å²) in [5.41, 5.74) is 2.68. The number of nitrogens with zero attached hydrogens (tertiary/aromatic N) is 1. The van der Waals surface area contributed by atoms with Crippen LogP contribution in [-0.2, 0) is 20.8 Å². The summed E-state index contributed by atoms with van der Waals surface area (Å²) in [5.74, 6) is -0.523. The third kappa shape index (κ3) is 5.93. The van der Waals surface area contributed by atoms with Crippen molar-refractivity contribution in [1.29, 1.82) is 0 Å². The number of fused-ring (bicyclic) bond motifs is 1. The number of halogens is 1. The number of ether oxygens (including phenoxy) is 1. The van der Waals surface area contributed by atoms with E-state index in [4.69, 9.17) is 4.74 Å². The van der Waals surface area contributed by atoms with Gasteiger partial charge in [0.05, 0.1) is 18.8 Å². The number of benzene rings is 3. The van der Waals surface area contributed by atoms with Gasteiger partial charge in [0.15, 0.2) is 0 Å². The lowest BCUT2D eigenvalue weighted by atomic mass is 10.0. The van der Waals surface area contributed by atoms with E-state index in [-0.39, 0.29) is 30.1 Å². The van der Waals surface area contributed by atoms with E-state index in [2.05, 4.69) is 16.0 Å². The standard InChI is InChI=1S/C28H30N4O4.ClH/c1-18(29-2)26(33)31-25(19-11-5-4-6-12-19)28(35)32-22-15-9-7-13-20(22)17-23(32)27(34)30-21-14-8-10-16-24(21)36-3;/h4-16,18,23,25,29H,17H2,1-3H3,(H,30,34)(H,31,33);1H/t18-,23-,25-;/m0./s1. The molecule has 0 aliphatic carbocycles. The van der Waals surface area contributed by atoms with Crippen LogP contribution in [0.5, 0.6) is 5.75 Å². The molecule has 0 bridgehead atoms. The van der Waals surface area contributed by atoms with E-state index in [1.807, 2.05) is 48.5 Å². The van der Waals surface area contributed by atoms with Crippen molar-refractivity contribution >= 4 is 41.5 Å². The van der Waals surface area contributed by atoms with Crippen molar-refractivity contribution < 1.29 is 19.1 Å². The van der Waals surface area contributed by atoms with Gasteiger partial charge in [-0.15, -0.1) is 12.4 Å². The van der Waals surface area contributed by atoms with Crippen molar-refractivity contribution in [3.05, 3.63) is 90.0 Å². The lowest BCUT2D eigenvalue weighted by Crippen LogP contribution is -2.52. The first-order chi connectivity index (χ1) is 17.4. The summed E-state index contributed by atoms with van der Waals surface area (Å²) in [6, 6.07) is 21.3. The molecule has 0 saturated heterocycles. The number of carbonyl (C=O) groups is 3. The molecule has 3 aromatic rings. The third-order valence-electron chi connectivity index (χ3n) is 6.37. The molecule has 3 atom stereocenters. The van der Waals surface area contributed by atoms with Gasteiger partial charge in [0, 0.05) is 12.1 Å². The fourth-order valence-corrected chi connectivity index (χ4v) is 4.30. The zero-order chi connectivity index (χ0) is 25.7. The van der Waals surface area contributed by atoms with Crippen LogP contribution >= 0.6 is 12.4 Å². The average Bonchev–Trinajstić information content (AvgIpc) is 3.31. The number of amides is 3. The number of nitrogens with one attached hydrogen (secondary N) is 3. The first-order valence-electron chi connectivity index (χ1n) is 11.8. The van der Waals surface area contributed by atoms with Crippen LogP contribution in [0.3, 0.4) is 0 Å². The summed E-state index contributed by atoms with van der Waals surface area (Å²) in [4.78, 5) is 42.0. The number of carbonyl (C=O) groups excluding carboxylic acids is 3. The summed E-state index contributed by atoms with van der Waals surface area (Å²) in [5, 5.41) is 8.69. The maximum atomic E-state index is 14.1. The molecule has 0 spiro atoms. The second kappa shape index (κ2) is 12.4. The molecule has 3 aromatic carbocycles. The third-order valence-corrected chi connectivity index (χ3v) is 6.37. The Morgan fingerprint density at radius 1 is 0.946 bits per heavy atom. The highest BCUT2D eigenvalue weighted by Gasteiger charge is 2.42. The largest absolute Gasteiger partial charge is 0.495 e. The van der Waals surface area contributed by atoms with Gasteiger partial charge in [0.1, 0.15) is 17.8 Å². The van der Waals surface area contributed by atoms with Crippen LogP contribution in [0.1, 0.15) is 24.1 Å². The van der Waals surface area contributed by atoms with Crippen molar-refractivity contribution in [3.63, 3.8) is 0 Å². The highest BCUT2D eigenvalue weighted by atomic mass is 35.5. The summed E-state index contributed by atoms with van der Waals surface area (Å²) in [6.45, 7) is 1.72. The van der Waals surface area contributed by atoms with Gasteiger partial charge in [-0.3, -0.25) is 19.3 Å². The minimum Gasteiger partial charge on any atom is -0.495 e.